The van der Waals surface area contributed by atoms with Gasteiger partial charge in [-0.05, 0) is 37.0 Å². The van der Waals surface area contributed by atoms with Crippen LogP contribution in [0.2, 0.25) is 18.1 Å². The van der Waals surface area contributed by atoms with Gasteiger partial charge in [-0.1, -0.05) is 40.2 Å². The Kier molecular flexibility index (Phi) is 4.29. The molecule has 1 aliphatic rings. The molecule has 104 valence electrons. The molecule has 0 N–H and O–H groups in total. The van der Waals surface area contributed by atoms with E-state index in [1.54, 1.807) is 6.08 Å². The van der Waals surface area contributed by atoms with Crippen molar-refractivity contribution in [3.63, 3.8) is 0 Å². The second-order valence-electron chi connectivity index (χ2n) is 7.36. The lowest BCUT2D eigenvalue weighted by atomic mass is 9.88. The van der Waals surface area contributed by atoms with Crippen LogP contribution in [0.5, 0.6) is 0 Å². The average Bonchev–Trinajstić information content (AvgIpc) is 2.38. The van der Waals surface area contributed by atoms with Gasteiger partial charge in [-0.2, -0.15) is 0 Å². The first kappa shape index (κ1) is 15.6. The van der Waals surface area contributed by atoms with Crippen molar-refractivity contribution in [3.05, 3.63) is 11.6 Å². The predicted molar refractivity (Wildman–Crippen MR) is 79.2 cm³/mol. The molecule has 1 rings (SSSR count). The highest BCUT2D eigenvalue weighted by Crippen LogP contribution is 2.41. The minimum Gasteiger partial charge on any atom is -0.406 e. The average molecular weight is 268 g/mol. The molecule has 1 aliphatic carbocycles. The third kappa shape index (κ3) is 2.94. The van der Waals surface area contributed by atoms with Gasteiger partial charge < -0.3 is 4.43 Å². The summed E-state index contributed by atoms with van der Waals surface area (Å²) in [6.45, 7) is 17.5. The lowest BCUT2D eigenvalue weighted by molar-refractivity contribution is -0.122. The van der Waals surface area contributed by atoms with Crippen LogP contribution in [0.25, 0.3) is 0 Å². The van der Waals surface area contributed by atoms with Crippen LogP contribution in [0.3, 0.4) is 0 Å². The highest BCUT2D eigenvalue weighted by molar-refractivity contribution is 6.74. The van der Waals surface area contributed by atoms with Gasteiger partial charge >= 0.3 is 0 Å². The van der Waals surface area contributed by atoms with E-state index in [4.69, 9.17) is 4.43 Å². The number of ketones is 1. The van der Waals surface area contributed by atoms with Crippen molar-refractivity contribution in [1.82, 2.24) is 0 Å². The van der Waals surface area contributed by atoms with E-state index >= 15 is 0 Å². The SMILES string of the molecule is CC1=CC(=O)[C@@H](O[Si](C)(C)C(C)(C)C)[C@@H]1C(C)C. The standard InChI is InChI=1S/C15H28O2Si/c1-10(2)13-11(3)9-12(16)14(13)17-18(7,8)15(4,5)6/h9-10,13-14H,1-8H3/t13-,14-/m1/s1. The summed E-state index contributed by atoms with van der Waals surface area (Å²) >= 11 is 0. The van der Waals surface area contributed by atoms with E-state index in [0.717, 1.165) is 0 Å². The van der Waals surface area contributed by atoms with Crippen molar-refractivity contribution in [1.29, 1.82) is 0 Å². The van der Waals surface area contributed by atoms with Crippen molar-refractivity contribution in [2.75, 3.05) is 0 Å². The molecule has 0 aromatic carbocycles. The van der Waals surface area contributed by atoms with Crippen LogP contribution in [-0.2, 0) is 9.22 Å². The van der Waals surface area contributed by atoms with Crippen LogP contribution in [-0.4, -0.2) is 20.2 Å². The van der Waals surface area contributed by atoms with Crippen LogP contribution in [0.1, 0.15) is 41.5 Å². The van der Waals surface area contributed by atoms with Crippen molar-refractivity contribution in [2.24, 2.45) is 11.8 Å². The molecule has 0 aromatic heterocycles. The largest absolute Gasteiger partial charge is 0.406 e. The van der Waals surface area contributed by atoms with Crippen molar-refractivity contribution >= 4 is 14.1 Å². The van der Waals surface area contributed by atoms with Crippen LogP contribution < -0.4 is 0 Å². The number of carbonyl (C=O) groups excluding carboxylic acids is 1. The molecule has 0 radical (unpaired) electrons. The molecule has 0 bridgehead atoms. The summed E-state index contributed by atoms with van der Waals surface area (Å²) in [5.74, 6) is 0.866. The molecule has 0 heterocycles. The number of carbonyl (C=O) groups is 1. The first-order valence-corrected chi connectivity index (χ1v) is 9.78. The van der Waals surface area contributed by atoms with Crippen LogP contribution in [0.15, 0.2) is 11.6 Å². The fourth-order valence-electron chi connectivity index (χ4n) is 2.32. The summed E-state index contributed by atoms with van der Waals surface area (Å²) in [4.78, 5) is 12.1. The van der Waals surface area contributed by atoms with E-state index in [1.165, 1.54) is 5.57 Å². The summed E-state index contributed by atoms with van der Waals surface area (Å²) in [5, 5.41) is 0.144. The molecule has 18 heavy (non-hydrogen) atoms. The molecule has 0 aliphatic heterocycles. The molecule has 0 saturated carbocycles. The van der Waals surface area contributed by atoms with Gasteiger partial charge in [-0.25, -0.2) is 0 Å². The predicted octanol–water partition coefficient (Wildman–Crippen LogP) is 4.18. The molecule has 0 saturated heterocycles. The molecule has 3 heteroatoms. The van der Waals surface area contributed by atoms with Gasteiger partial charge in [-0.3, -0.25) is 4.79 Å². The zero-order valence-electron chi connectivity index (χ0n) is 13.1. The van der Waals surface area contributed by atoms with Gasteiger partial charge in [0.15, 0.2) is 14.1 Å². The molecule has 0 spiro atoms. The first-order valence-electron chi connectivity index (χ1n) is 6.87. The summed E-state index contributed by atoms with van der Waals surface area (Å²) < 4.78 is 6.36. The fraction of sp³-hybridized carbons (Fsp3) is 0.800. The Morgan fingerprint density at radius 2 is 1.78 bits per heavy atom. The zero-order chi connectivity index (χ0) is 14.3. The summed E-state index contributed by atoms with van der Waals surface area (Å²) in [6, 6.07) is 0. The Bertz CT molecular complexity index is 361. The molecule has 2 atom stereocenters. The zero-order valence-corrected chi connectivity index (χ0v) is 14.1. The van der Waals surface area contributed by atoms with Crippen molar-refractivity contribution in [2.45, 2.75) is 65.8 Å². The quantitative estimate of drug-likeness (QED) is 0.718. The van der Waals surface area contributed by atoms with Crippen LogP contribution in [0, 0.1) is 11.8 Å². The van der Waals surface area contributed by atoms with Crippen LogP contribution >= 0.6 is 0 Å². The molecule has 0 aromatic rings. The number of hydrogen-bond acceptors (Lipinski definition) is 2. The van der Waals surface area contributed by atoms with E-state index in [2.05, 4.69) is 54.6 Å². The molecular weight excluding hydrogens is 240 g/mol. The fourth-order valence-corrected chi connectivity index (χ4v) is 3.57. The monoisotopic (exact) mass is 268 g/mol. The minimum absolute atomic E-state index is 0.144. The minimum atomic E-state index is -1.88. The third-order valence-corrected chi connectivity index (χ3v) is 8.90. The van der Waals surface area contributed by atoms with Crippen molar-refractivity contribution < 1.29 is 9.22 Å². The van der Waals surface area contributed by atoms with Gasteiger partial charge in [0.05, 0.1) is 0 Å². The highest BCUT2D eigenvalue weighted by Gasteiger charge is 2.45. The summed E-state index contributed by atoms with van der Waals surface area (Å²) in [5.41, 5.74) is 1.18. The Labute approximate surface area is 113 Å². The first-order chi connectivity index (χ1) is 7.97. The van der Waals surface area contributed by atoms with E-state index in [1.807, 2.05) is 0 Å². The normalized spacial score (nSPS) is 25.8. The third-order valence-electron chi connectivity index (χ3n) is 4.45. The number of rotatable bonds is 3. The van der Waals surface area contributed by atoms with E-state index in [0.29, 0.717) is 5.92 Å². The van der Waals surface area contributed by atoms with Gasteiger partial charge in [-0.15, -0.1) is 0 Å². The van der Waals surface area contributed by atoms with Crippen molar-refractivity contribution in [3.8, 4) is 0 Å². The molecule has 2 nitrogen and oxygen atoms in total. The maximum absolute atomic E-state index is 12.1. The Hall–Kier alpha value is -0.413. The lowest BCUT2D eigenvalue weighted by Gasteiger charge is -2.40. The second kappa shape index (κ2) is 4.93. The van der Waals surface area contributed by atoms with Crippen LogP contribution in [0.4, 0.5) is 0 Å². The van der Waals surface area contributed by atoms with Gasteiger partial charge in [0, 0.05) is 5.92 Å². The van der Waals surface area contributed by atoms with E-state index in [9.17, 15) is 4.79 Å². The molecule has 0 unspecified atom stereocenters. The summed E-state index contributed by atoms with van der Waals surface area (Å²) in [7, 11) is -1.88. The summed E-state index contributed by atoms with van der Waals surface area (Å²) in [6.07, 6.45) is 1.54. The Balaban J connectivity index is 2.94. The molecule has 0 amide bonds. The Morgan fingerprint density at radius 1 is 1.28 bits per heavy atom. The highest BCUT2D eigenvalue weighted by atomic mass is 28.4. The Morgan fingerprint density at radius 3 is 2.17 bits per heavy atom. The number of hydrogen-bond donors (Lipinski definition) is 0. The molecular formula is C15H28O2Si. The van der Waals surface area contributed by atoms with E-state index < -0.39 is 8.32 Å². The topological polar surface area (TPSA) is 26.3 Å². The maximum Gasteiger partial charge on any atom is 0.193 e. The maximum atomic E-state index is 12.1. The van der Waals surface area contributed by atoms with Gasteiger partial charge in [0.25, 0.3) is 0 Å². The lowest BCUT2D eigenvalue weighted by Crippen LogP contribution is -2.47. The van der Waals surface area contributed by atoms with Gasteiger partial charge in [0.1, 0.15) is 6.10 Å². The smallest absolute Gasteiger partial charge is 0.193 e. The van der Waals surface area contributed by atoms with E-state index in [-0.39, 0.29) is 22.8 Å². The molecule has 0 fully saturated rings. The van der Waals surface area contributed by atoms with Gasteiger partial charge in [0.2, 0.25) is 0 Å². The second-order valence-corrected chi connectivity index (χ2v) is 12.1.